The average molecular weight is 234 g/mol. The van der Waals surface area contributed by atoms with Gasteiger partial charge in [-0.2, -0.15) is 13.2 Å². The van der Waals surface area contributed by atoms with Crippen molar-refractivity contribution < 1.29 is 27.5 Å². The first-order valence-corrected chi connectivity index (χ1v) is 4.09. The Labute approximate surface area is 87.8 Å². The third-order valence-corrected chi connectivity index (χ3v) is 1.73. The quantitative estimate of drug-likeness (QED) is 0.631. The third-order valence-electron chi connectivity index (χ3n) is 1.73. The number of benzene rings is 1. The molecule has 0 unspecified atom stereocenters. The number of hydrogen-bond donors (Lipinski definition) is 1. The summed E-state index contributed by atoms with van der Waals surface area (Å²) in [6.07, 6.45) is -3.64. The minimum absolute atomic E-state index is 0.518. The fourth-order valence-electron chi connectivity index (χ4n) is 1.14. The summed E-state index contributed by atoms with van der Waals surface area (Å²) in [6, 6.07) is 2.73. The van der Waals surface area contributed by atoms with Gasteiger partial charge < -0.3 is 5.11 Å². The average Bonchev–Trinajstić information content (AvgIpc) is 2.12. The summed E-state index contributed by atoms with van der Waals surface area (Å²) in [4.78, 5) is 10.2. The van der Waals surface area contributed by atoms with Gasteiger partial charge in [0.25, 0.3) is 0 Å². The number of carboxylic acid groups (broad SMARTS) is 1. The van der Waals surface area contributed by atoms with Gasteiger partial charge in [0.2, 0.25) is 0 Å². The van der Waals surface area contributed by atoms with Crippen molar-refractivity contribution in [2.24, 2.45) is 0 Å². The maximum Gasteiger partial charge on any atom is 0.419 e. The Kier molecular flexibility index (Phi) is 3.31. The second-order valence-corrected chi connectivity index (χ2v) is 2.87. The monoisotopic (exact) mass is 234 g/mol. The van der Waals surface area contributed by atoms with Crippen LogP contribution in [-0.4, -0.2) is 11.1 Å². The fourth-order valence-corrected chi connectivity index (χ4v) is 1.14. The van der Waals surface area contributed by atoms with Crippen molar-refractivity contribution in [3.05, 3.63) is 41.2 Å². The minimum atomic E-state index is -4.86. The highest BCUT2D eigenvalue weighted by molar-refractivity contribution is 5.85. The van der Waals surface area contributed by atoms with E-state index in [1.54, 1.807) is 0 Å². The van der Waals surface area contributed by atoms with E-state index in [1.807, 2.05) is 0 Å². The van der Waals surface area contributed by atoms with Crippen molar-refractivity contribution in [3.8, 4) is 0 Å². The molecule has 6 heteroatoms. The molecule has 0 aliphatic rings. The molecule has 0 saturated heterocycles. The maximum absolute atomic E-state index is 13.0. The molecule has 0 heterocycles. The first kappa shape index (κ1) is 12.2. The zero-order valence-corrected chi connectivity index (χ0v) is 7.75. The van der Waals surface area contributed by atoms with Crippen LogP contribution >= 0.6 is 0 Å². The molecule has 0 amide bonds. The Morgan fingerprint density at radius 1 is 1.31 bits per heavy atom. The van der Waals surface area contributed by atoms with Gasteiger partial charge in [0, 0.05) is 6.08 Å². The van der Waals surface area contributed by atoms with E-state index in [0.29, 0.717) is 18.2 Å². The van der Waals surface area contributed by atoms with Crippen LogP contribution in [0, 0.1) is 5.82 Å². The number of halogens is 4. The molecule has 0 aromatic heterocycles. The highest BCUT2D eigenvalue weighted by atomic mass is 19.4. The molecule has 0 bridgehead atoms. The van der Waals surface area contributed by atoms with Crippen LogP contribution in [0.3, 0.4) is 0 Å². The van der Waals surface area contributed by atoms with E-state index in [2.05, 4.69) is 0 Å². The van der Waals surface area contributed by atoms with Gasteiger partial charge in [-0.1, -0.05) is 12.1 Å². The van der Waals surface area contributed by atoms with Crippen molar-refractivity contribution in [2.45, 2.75) is 6.18 Å². The summed E-state index contributed by atoms with van der Waals surface area (Å²) in [7, 11) is 0. The lowest BCUT2D eigenvalue weighted by Gasteiger charge is -2.10. The summed E-state index contributed by atoms with van der Waals surface area (Å²) in [5.74, 6) is -2.84. The van der Waals surface area contributed by atoms with Gasteiger partial charge in [-0.15, -0.1) is 0 Å². The van der Waals surface area contributed by atoms with E-state index in [4.69, 9.17) is 5.11 Å². The summed E-state index contributed by atoms with van der Waals surface area (Å²) < 4.78 is 50.2. The van der Waals surface area contributed by atoms with Gasteiger partial charge >= 0.3 is 12.1 Å². The Morgan fingerprint density at radius 3 is 2.44 bits per heavy atom. The molecular formula is C10H6F4O2. The zero-order chi connectivity index (χ0) is 12.3. The van der Waals surface area contributed by atoms with Crippen molar-refractivity contribution >= 4 is 12.0 Å². The maximum atomic E-state index is 13.0. The van der Waals surface area contributed by atoms with Crippen LogP contribution in [0.4, 0.5) is 17.6 Å². The number of carbonyl (C=O) groups is 1. The van der Waals surface area contributed by atoms with Crippen molar-refractivity contribution in [3.63, 3.8) is 0 Å². The molecule has 0 atom stereocenters. The largest absolute Gasteiger partial charge is 0.478 e. The molecule has 1 rings (SSSR count). The second-order valence-electron chi connectivity index (χ2n) is 2.87. The molecule has 0 saturated carbocycles. The molecule has 0 aliphatic carbocycles. The van der Waals surface area contributed by atoms with E-state index in [9.17, 15) is 22.4 Å². The Balaban J connectivity index is 3.29. The number of alkyl halides is 3. The highest BCUT2D eigenvalue weighted by Crippen LogP contribution is 2.34. The fraction of sp³-hybridized carbons (Fsp3) is 0.100. The van der Waals surface area contributed by atoms with Crippen LogP contribution < -0.4 is 0 Å². The molecule has 0 spiro atoms. The van der Waals surface area contributed by atoms with Gasteiger partial charge in [-0.05, 0) is 17.7 Å². The zero-order valence-electron chi connectivity index (χ0n) is 7.75. The van der Waals surface area contributed by atoms with Gasteiger partial charge in [-0.3, -0.25) is 0 Å². The van der Waals surface area contributed by atoms with Crippen molar-refractivity contribution in [2.75, 3.05) is 0 Å². The molecule has 0 radical (unpaired) electrons. The Hall–Kier alpha value is -1.85. The molecule has 16 heavy (non-hydrogen) atoms. The lowest BCUT2D eigenvalue weighted by atomic mass is 10.1. The normalized spacial score (nSPS) is 12.0. The van der Waals surface area contributed by atoms with E-state index >= 15 is 0 Å². The molecular weight excluding hydrogens is 228 g/mol. The predicted molar refractivity (Wildman–Crippen MR) is 48.1 cm³/mol. The van der Waals surface area contributed by atoms with Gasteiger partial charge in [-0.25, -0.2) is 9.18 Å². The summed E-state index contributed by atoms with van der Waals surface area (Å²) in [5.41, 5.74) is -1.98. The Bertz CT molecular complexity index is 435. The molecule has 0 fully saturated rings. The molecule has 86 valence electrons. The molecule has 0 aliphatic heterocycles. The van der Waals surface area contributed by atoms with E-state index in [0.717, 1.165) is 12.1 Å². The summed E-state index contributed by atoms with van der Waals surface area (Å²) >= 11 is 0. The lowest BCUT2D eigenvalue weighted by Crippen LogP contribution is -2.10. The van der Waals surface area contributed by atoms with Crippen LogP contribution in [0.1, 0.15) is 11.1 Å². The van der Waals surface area contributed by atoms with Gasteiger partial charge in [0.1, 0.15) is 5.82 Å². The summed E-state index contributed by atoms with van der Waals surface area (Å²) in [6.45, 7) is 0. The van der Waals surface area contributed by atoms with E-state index in [-0.39, 0.29) is 0 Å². The molecule has 2 nitrogen and oxygen atoms in total. The highest BCUT2D eigenvalue weighted by Gasteiger charge is 2.36. The third kappa shape index (κ3) is 2.82. The van der Waals surface area contributed by atoms with Gasteiger partial charge in [0.05, 0.1) is 5.56 Å². The topological polar surface area (TPSA) is 37.3 Å². The van der Waals surface area contributed by atoms with Gasteiger partial charge in [0.15, 0.2) is 0 Å². The lowest BCUT2D eigenvalue weighted by molar-refractivity contribution is -0.140. The molecule has 1 N–H and O–H groups in total. The number of carboxylic acids is 1. The molecule has 1 aromatic rings. The number of hydrogen-bond acceptors (Lipinski definition) is 1. The SMILES string of the molecule is O=C(O)C=Cc1cccc(F)c1C(F)(F)F. The number of rotatable bonds is 2. The van der Waals surface area contributed by atoms with Crippen LogP contribution in [-0.2, 0) is 11.0 Å². The van der Waals surface area contributed by atoms with Crippen LogP contribution in [0.2, 0.25) is 0 Å². The van der Waals surface area contributed by atoms with Crippen molar-refractivity contribution in [1.82, 2.24) is 0 Å². The summed E-state index contributed by atoms with van der Waals surface area (Å²) in [5, 5.41) is 8.28. The second kappa shape index (κ2) is 4.34. The van der Waals surface area contributed by atoms with Crippen LogP contribution in [0.5, 0.6) is 0 Å². The predicted octanol–water partition coefficient (Wildman–Crippen LogP) is 2.94. The van der Waals surface area contributed by atoms with Crippen LogP contribution in [0.15, 0.2) is 24.3 Å². The smallest absolute Gasteiger partial charge is 0.419 e. The minimum Gasteiger partial charge on any atom is -0.478 e. The number of aliphatic carboxylic acids is 1. The van der Waals surface area contributed by atoms with Crippen molar-refractivity contribution in [1.29, 1.82) is 0 Å². The first-order valence-electron chi connectivity index (χ1n) is 4.09. The Morgan fingerprint density at radius 2 is 1.94 bits per heavy atom. The van der Waals surface area contributed by atoms with Crippen LogP contribution in [0.25, 0.3) is 6.08 Å². The molecule has 1 aromatic carbocycles. The van der Waals surface area contributed by atoms with E-state index in [1.165, 1.54) is 0 Å². The van der Waals surface area contributed by atoms with E-state index < -0.39 is 29.1 Å². The first-order chi connectivity index (χ1) is 7.32. The standard InChI is InChI=1S/C10H6F4O2/c11-7-3-1-2-6(4-5-8(15)16)9(7)10(12,13)14/h1-5H,(H,15,16).